The molecule has 0 radical (unpaired) electrons. The molecule has 0 bridgehead atoms. The predicted molar refractivity (Wildman–Crippen MR) is 232 cm³/mol. The van der Waals surface area contributed by atoms with Gasteiger partial charge in [-0.15, -0.1) is 0 Å². The van der Waals surface area contributed by atoms with Crippen LogP contribution in [0.5, 0.6) is 11.5 Å². The van der Waals surface area contributed by atoms with Crippen LogP contribution < -0.4 is 20.7 Å². The summed E-state index contributed by atoms with van der Waals surface area (Å²) in [5, 5.41) is 18.2. The van der Waals surface area contributed by atoms with Crippen molar-refractivity contribution in [2.75, 3.05) is 56.4 Å². The standard InChI is InChI=1S/C47H52N10O5/c48-42-40-41(30-6-9-35(10-7-30)62-34-4-2-1-3-5-34)52-57(43(40)50-28-49-42)31-14-18-54(19-15-31)33-23-47(24-33)16-20-53(21-17-47)25-29-26-55(27-29)32-8-11-36-37(22-32)46(61)56(45(36)60)38-12-13-39(58)51-44(38)59/h1-11,22,28-29,31,33,38-39,58H,12-21,23-27H2,(H,51,59)(H2,48,49,50). The summed E-state index contributed by atoms with van der Waals surface area (Å²) in [6, 6.07) is 23.2. The maximum atomic E-state index is 13.4. The van der Waals surface area contributed by atoms with Gasteiger partial charge in [-0.3, -0.25) is 19.3 Å². The van der Waals surface area contributed by atoms with E-state index < -0.39 is 30.0 Å². The van der Waals surface area contributed by atoms with Gasteiger partial charge in [0.15, 0.2) is 5.65 Å². The van der Waals surface area contributed by atoms with Gasteiger partial charge in [0.2, 0.25) is 5.91 Å². The van der Waals surface area contributed by atoms with E-state index in [4.69, 9.17) is 15.6 Å². The number of nitrogen functional groups attached to an aromatic ring is 1. The number of piperidine rings is 3. The summed E-state index contributed by atoms with van der Waals surface area (Å²) in [4.78, 5) is 56.8. The van der Waals surface area contributed by atoms with Crippen molar-refractivity contribution in [3.63, 3.8) is 0 Å². The molecule has 11 rings (SSSR count). The third kappa shape index (κ3) is 6.95. The van der Waals surface area contributed by atoms with Gasteiger partial charge < -0.3 is 35.6 Å². The Hall–Kier alpha value is -5.90. The average Bonchev–Trinajstić information content (AvgIpc) is 3.77. The number of aliphatic hydroxyl groups excluding tert-OH is 1. The van der Waals surface area contributed by atoms with Crippen molar-refractivity contribution in [3.8, 4) is 22.8 Å². The summed E-state index contributed by atoms with van der Waals surface area (Å²) in [6.07, 6.45) is 8.27. The Labute approximate surface area is 359 Å². The largest absolute Gasteiger partial charge is 0.457 e. The van der Waals surface area contributed by atoms with Crippen LogP contribution in [0.3, 0.4) is 0 Å². The van der Waals surface area contributed by atoms with E-state index in [1.54, 1.807) is 12.4 Å². The normalized spacial score (nSPS) is 23.7. The molecule has 3 aromatic carbocycles. The molecule has 2 atom stereocenters. The fraction of sp³-hybridized carbons (Fsp3) is 0.447. The molecule has 7 heterocycles. The van der Waals surface area contributed by atoms with Crippen molar-refractivity contribution in [2.45, 2.75) is 75.7 Å². The van der Waals surface area contributed by atoms with Crippen LogP contribution in [0, 0.1) is 11.3 Å². The number of ether oxygens (including phenoxy) is 1. The van der Waals surface area contributed by atoms with Crippen molar-refractivity contribution >= 4 is 40.3 Å². The van der Waals surface area contributed by atoms with Crippen molar-refractivity contribution in [3.05, 3.63) is 90.3 Å². The molecule has 15 nitrogen and oxygen atoms in total. The maximum Gasteiger partial charge on any atom is 0.262 e. The van der Waals surface area contributed by atoms with E-state index in [1.807, 2.05) is 66.7 Å². The fourth-order valence-corrected chi connectivity index (χ4v) is 11.1. The van der Waals surface area contributed by atoms with Gasteiger partial charge in [-0.1, -0.05) is 18.2 Å². The topological polar surface area (TPSA) is 175 Å². The molecule has 62 heavy (non-hydrogen) atoms. The molecule has 5 aliphatic heterocycles. The SMILES string of the molecule is Nc1ncnc2c1c(-c1ccc(Oc3ccccc3)cc1)nn2C1CCN(C2CC3(CCN(CC4CN(c5ccc6c(c5)C(=O)N(C5CCC(O)NC5=O)C6=O)C4)CC3)C2)CC1. The number of nitrogens with two attached hydrogens (primary N) is 1. The van der Waals surface area contributed by atoms with E-state index in [0.29, 0.717) is 40.7 Å². The number of carbonyl (C=O) groups excluding carboxylic acids is 3. The molecule has 5 aromatic rings. The number of para-hydroxylation sites is 1. The molecule has 5 fully saturated rings. The third-order valence-electron chi connectivity index (χ3n) is 14.6. The number of aromatic nitrogens is 4. The fourth-order valence-electron chi connectivity index (χ4n) is 11.1. The molecule has 6 aliphatic rings. The summed E-state index contributed by atoms with van der Waals surface area (Å²) < 4.78 is 8.13. The van der Waals surface area contributed by atoms with Crippen molar-refractivity contribution in [1.29, 1.82) is 0 Å². The minimum Gasteiger partial charge on any atom is -0.457 e. The Morgan fingerprint density at radius 2 is 1.53 bits per heavy atom. The van der Waals surface area contributed by atoms with Crippen LogP contribution in [0.25, 0.3) is 22.3 Å². The monoisotopic (exact) mass is 836 g/mol. The quantitative estimate of drug-likeness (QED) is 0.168. The summed E-state index contributed by atoms with van der Waals surface area (Å²) in [7, 11) is 0. The first-order valence-electron chi connectivity index (χ1n) is 22.2. The van der Waals surface area contributed by atoms with Crippen LogP contribution in [-0.2, 0) is 4.79 Å². The molecule has 15 heteroatoms. The lowest BCUT2D eigenvalue weighted by Crippen LogP contribution is -2.58. The number of anilines is 2. The number of imide groups is 1. The van der Waals surface area contributed by atoms with Gasteiger partial charge in [0.1, 0.15) is 41.6 Å². The second-order valence-electron chi connectivity index (χ2n) is 18.4. The van der Waals surface area contributed by atoms with E-state index >= 15 is 0 Å². The number of hydrogen-bond donors (Lipinski definition) is 3. The number of aliphatic hydroxyl groups is 1. The highest BCUT2D eigenvalue weighted by atomic mass is 16.5. The van der Waals surface area contributed by atoms with Crippen LogP contribution in [0.2, 0.25) is 0 Å². The van der Waals surface area contributed by atoms with Crippen LogP contribution in [-0.4, -0.2) is 121 Å². The molecule has 320 valence electrons. The molecular weight excluding hydrogens is 785 g/mol. The van der Waals surface area contributed by atoms with Crippen molar-refractivity contribution in [2.24, 2.45) is 11.3 Å². The number of nitrogens with zero attached hydrogens (tertiary/aromatic N) is 8. The molecule has 3 amide bonds. The van der Waals surface area contributed by atoms with Gasteiger partial charge >= 0.3 is 0 Å². The van der Waals surface area contributed by atoms with Crippen LogP contribution in [0.1, 0.15) is 78.1 Å². The Bertz CT molecular complexity index is 2520. The van der Waals surface area contributed by atoms with Gasteiger partial charge in [-0.25, -0.2) is 14.6 Å². The zero-order valence-electron chi connectivity index (χ0n) is 34.7. The first kappa shape index (κ1) is 39.0. The lowest BCUT2D eigenvalue weighted by molar-refractivity contribution is -0.131. The molecule has 1 spiro atoms. The molecule has 1 saturated carbocycles. The average molecular weight is 837 g/mol. The van der Waals surface area contributed by atoms with Gasteiger partial charge in [-0.05, 0) is 124 Å². The molecule has 2 unspecified atom stereocenters. The first-order chi connectivity index (χ1) is 30.2. The Morgan fingerprint density at radius 1 is 0.806 bits per heavy atom. The van der Waals surface area contributed by atoms with Gasteiger partial charge in [0, 0.05) is 55.9 Å². The minimum atomic E-state index is -0.944. The highest BCUT2D eigenvalue weighted by Crippen LogP contribution is 2.52. The Kier molecular flexibility index (Phi) is 9.73. The second-order valence-corrected chi connectivity index (χ2v) is 18.4. The predicted octanol–water partition coefficient (Wildman–Crippen LogP) is 5.08. The van der Waals surface area contributed by atoms with Crippen molar-refractivity contribution in [1.82, 2.24) is 39.8 Å². The maximum absolute atomic E-state index is 13.4. The first-order valence-corrected chi connectivity index (χ1v) is 22.2. The third-order valence-corrected chi connectivity index (χ3v) is 14.6. The molecule has 4 saturated heterocycles. The van der Waals surface area contributed by atoms with Crippen LogP contribution >= 0.6 is 0 Å². The minimum absolute atomic E-state index is 0.240. The van der Waals surface area contributed by atoms with Crippen molar-refractivity contribution < 1.29 is 24.2 Å². The number of benzene rings is 3. The summed E-state index contributed by atoms with van der Waals surface area (Å²) in [6.45, 7) is 7.30. The lowest BCUT2D eigenvalue weighted by atomic mass is 9.59. The summed E-state index contributed by atoms with van der Waals surface area (Å²) >= 11 is 0. The zero-order valence-corrected chi connectivity index (χ0v) is 34.7. The highest BCUT2D eigenvalue weighted by molar-refractivity contribution is 6.23. The number of nitrogens with one attached hydrogen (secondary N) is 1. The van der Waals surface area contributed by atoms with Gasteiger partial charge in [0.05, 0.1) is 22.6 Å². The van der Waals surface area contributed by atoms with E-state index in [0.717, 1.165) is 103 Å². The zero-order chi connectivity index (χ0) is 42.1. The van der Waals surface area contributed by atoms with E-state index in [1.165, 1.54) is 25.7 Å². The molecule has 4 N–H and O–H groups in total. The Balaban J connectivity index is 0.648. The van der Waals surface area contributed by atoms with Gasteiger partial charge in [0.25, 0.3) is 11.8 Å². The van der Waals surface area contributed by atoms with Gasteiger partial charge in [-0.2, -0.15) is 5.10 Å². The number of amides is 3. The second kappa shape index (κ2) is 15.5. The van der Waals surface area contributed by atoms with E-state index in [9.17, 15) is 19.5 Å². The number of rotatable bonds is 9. The number of likely N-dealkylation sites (tertiary alicyclic amines) is 2. The number of fused-ring (bicyclic) bond motifs is 2. The molecular formula is C47H52N10O5. The summed E-state index contributed by atoms with van der Waals surface area (Å²) in [5.41, 5.74) is 11.1. The summed E-state index contributed by atoms with van der Waals surface area (Å²) in [5.74, 6) is 1.18. The van der Waals surface area contributed by atoms with Crippen LogP contribution in [0.15, 0.2) is 79.1 Å². The molecule has 2 aromatic heterocycles. The lowest BCUT2D eigenvalue weighted by Gasteiger charge is -2.56. The van der Waals surface area contributed by atoms with E-state index in [-0.39, 0.29) is 12.5 Å². The highest BCUT2D eigenvalue weighted by Gasteiger charge is 2.49. The number of hydrogen-bond acceptors (Lipinski definition) is 12. The van der Waals surface area contributed by atoms with Crippen LogP contribution in [0.4, 0.5) is 11.5 Å². The van der Waals surface area contributed by atoms with E-state index in [2.05, 4.69) is 34.7 Å². The Morgan fingerprint density at radius 3 is 2.27 bits per heavy atom. The number of carbonyl (C=O) groups is 3. The smallest absolute Gasteiger partial charge is 0.262 e. The molecule has 1 aliphatic carbocycles.